The Morgan fingerprint density at radius 2 is 1.87 bits per heavy atom. The second-order valence-electron chi connectivity index (χ2n) is 5.39. The van der Waals surface area contributed by atoms with Crippen LogP contribution in [0.25, 0.3) is 0 Å². The summed E-state index contributed by atoms with van der Waals surface area (Å²) in [5.74, 6) is 1.33. The van der Waals surface area contributed by atoms with Crippen LogP contribution in [-0.2, 0) is 4.74 Å². The van der Waals surface area contributed by atoms with Gasteiger partial charge in [-0.15, -0.1) is 0 Å². The van der Waals surface area contributed by atoms with Crippen LogP contribution in [-0.4, -0.2) is 26.8 Å². The van der Waals surface area contributed by atoms with Gasteiger partial charge in [0.1, 0.15) is 0 Å². The smallest absolute Gasteiger partial charge is 0.0493 e. The first-order chi connectivity index (χ1) is 6.96. The fraction of sp³-hybridized carbons (Fsp3) is 1.00. The highest BCUT2D eigenvalue weighted by molar-refractivity contribution is 4.81. The second-order valence-corrected chi connectivity index (χ2v) is 5.39. The second kappa shape index (κ2) is 7.24. The van der Waals surface area contributed by atoms with Gasteiger partial charge in [-0.25, -0.2) is 0 Å². The molecule has 2 unspecified atom stereocenters. The van der Waals surface area contributed by atoms with Gasteiger partial charge in [-0.1, -0.05) is 34.6 Å². The molecule has 0 aromatic rings. The van der Waals surface area contributed by atoms with E-state index in [9.17, 15) is 0 Å². The van der Waals surface area contributed by atoms with E-state index in [0.717, 1.165) is 25.6 Å². The first kappa shape index (κ1) is 14.9. The van der Waals surface area contributed by atoms with Crippen molar-refractivity contribution in [2.24, 2.45) is 17.3 Å². The number of hydrogen-bond acceptors (Lipinski definition) is 2. The van der Waals surface area contributed by atoms with E-state index in [4.69, 9.17) is 4.74 Å². The van der Waals surface area contributed by atoms with Gasteiger partial charge in [0.15, 0.2) is 0 Å². The van der Waals surface area contributed by atoms with Crippen LogP contribution in [0.5, 0.6) is 0 Å². The zero-order chi connectivity index (χ0) is 11.9. The quantitative estimate of drug-likeness (QED) is 0.672. The SMILES string of the molecule is CCC(C)(CNCC(C)C)C(C)COC. The summed E-state index contributed by atoms with van der Waals surface area (Å²) in [7, 11) is 1.79. The summed E-state index contributed by atoms with van der Waals surface area (Å²) in [6, 6.07) is 0. The molecule has 0 spiro atoms. The van der Waals surface area contributed by atoms with Crippen LogP contribution in [0.1, 0.15) is 41.0 Å². The minimum absolute atomic E-state index is 0.352. The van der Waals surface area contributed by atoms with E-state index in [2.05, 4.69) is 39.9 Å². The van der Waals surface area contributed by atoms with Crippen LogP contribution >= 0.6 is 0 Å². The summed E-state index contributed by atoms with van der Waals surface area (Å²) in [5, 5.41) is 3.56. The summed E-state index contributed by atoms with van der Waals surface area (Å²) in [4.78, 5) is 0. The molecule has 15 heavy (non-hydrogen) atoms. The van der Waals surface area contributed by atoms with E-state index in [-0.39, 0.29) is 0 Å². The third kappa shape index (κ3) is 5.53. The number of ether oxygens (including phenoxy) is 1. The summed E-state index contributed by atoms with van der Waals surface area (Å²) in [5.41, 5.74) is 0.352. The van der Waals surface area contributed by atoms with Gasteiger partial charge in [-0.05, 0) is 30.2 Å². The summed E-state index contributed by atoms with van der Waals surface area (Å²) < 4.78 is 5.25. The molecule has 0 aliphatic carbocycles. The Morgan fingerprint density at radius 1 is 1.27 bits per heavy atom. The summed E-state index contributed by atoms with van der Waals surface area (Å²) in [6.45, 7) is 14.4. The first-order valence-corrected chi connectivity index (χ1v) is 6.16. The van der Waals surface area contributed by atoms with Crippen molar-refractivity contribution in [2.75, 3.05) is 26.8 Å². The fourth-order valence-corrected chi connectivity index (χ4v) is 1.75. The minimum Gasteiger partial charge on any atom is -0.384 e. The molecule has 2 nitrogen and oxygen atoms in total. The lowest BCUT2D eigenvalue weighted by molar-refractivity contribution is 0.0768. The molecule has 0 aliphatic rings. The Morgan fingerprint density at radius 3 is 2.27 bits per heavy atom. The van der Waals surface area contributed by atoms with Gasteiger partial charge in [-0.3, -0.25) is 0 Å². The van der Waals surface area contributed by atoms with Crippen LogP contribution in [0.2, 0.25) is 0 Å². The molecule has 0 rings (SSSR count). The zero-order valence-electron chi connectivity index (χ0n) is 11.4. The van der Waals surface area contributed by atoms with Gasteiger partial charge in [0.2, 0.25) is 0 Å². The Balaban J connectivity index is 4.05. The molecular formula is C13H29NO. The molecule has 0 saturated carbocycles. The average molecular weight is 215 g/mol. The molecule has 0 aromatic carbocycles. The van der Waals surface area contributed by atoms with Crippen molar-refractivity contribution < 1.29 is 4.74 Å². The Bertz CT molecular complexity index is 159. The molecule has 0 amide bonds. The van der Waals surface area contributed by atoms with E-state index in [0.29, 0.717) is 11.3 Å². The topological polar surface area (TPSA) is 21.3 Å². The standard InChI is InChI=1S/C13H29NO/c1-7-13(5,12(4)9-15-6)10-14-8-11(2)3/h11-12,14H,7-10H2,1-6H3. The van der Waals surface area contributed by atoms with Crippen molar-refractivity contribution in [2.45, 2.75) is 41.0 Å². The lowest BCUT2D eigenvalue weighted by atomic mass is 9.76. The Kier molecular flexibility index (Phi) is 7.20. The van der Waals surface area contributed by atoms with Crippen LogP contribution in [0.4, 0.5) is 0 Å². The predicted molar refractivity (Wildman–Crippen MR) is 67.1 cm³/mol. The molecular weight excluding hydrogens is 186 g/mol. The molecule has 2 heteroatoms. The van der Waals surface area contributed by atoms with Crippen LogP contribution in [0.15, 0.2) is 0 Å². The maximum Gasteiger partial charge on any atom is 0.0493 e. The Labute approximate surface area is 95.8 Å². The summed E-state index contributed by atoms with van der Waals surface area (Å²) in [6.07, 6.45) is 1.20. The third-order valence-corrected chi connectivity index (χ3v) is 3.50. The van der Waals surface area contributed by atoms with Gasteiger partial charge >= 0.3 is 0 Å². The van der Waals surface area contributed by atoms with Crippen LogP contribution < -0.4 is 5.32 Å². The minimum atomic E-state index is 0.352. The molecule has 0 aromatic heterocycles. The van der Waals surface area contributed by atoms with Gasteiger partial charge in [0, 0.05) is 20.3 Å². The normalized spacial score (nSPS) is 17.8. The van der Waals surface area contributed by atoms with E-state index in [1.807, 2.05) is 0 Å². The molecule has 92 valence electrons. The number of nitrogens with one attached hydrogen (secondary N) is 1. The highest BCUT2D eigenvalue weighted by atomic mass is 16.5. The molecule has 0 aliphatic heterocycles. The van der Waals surface area contributed by atoms with Crippen molar-refractivity contribution in [1.82, 2.24) is 5.32 Å². The molecule has 0 radical (unpaired) electrons. The van der Waals surface area contributed by atoms with E-state index in [1.54, 1.807) is 7.11 Å². The van der Waals surface area contributed by atoms with Gasteiger partial charge in [0.05, 0.1) is 0 Å². The highest BCUT2D eigenvalue weighted by Crippen LogP contribution is 2.30. The van der Waals surface area contributed by atoms with Crippen molar-refractivity contribution in [1.29, 1.82) is 0 Å². The van der Waals surface area contributed by atoms with Crippen molar-refractivity contribution in [3.63, 3.8) is 0 Å². The molecule has 0 heterocycles. The van der Waals surface area contributed by atoms with E-state index >= 15 is 0 Å². The van der Waals surface area contributed by atoms with Gasteiger partial charge in [-0.2, -0.15) is 0 Å². The first-order valence-electron chi connectivity index (χ1n) is 6.16. The van der Waals surface area contributed by atoms with Gasteiger partial charge in [0.25, 0.3) is 0 Å². The Hall–Kier alpha value is -0.0800. The van der Waals surface area contributed by atoms with Crippen molar-refractivity contribution in [3.8, 4) is 0 Å². The molecule has 0 saturated heterocycles. The fourth-order valence-electron chi connectivity index (χ4n) is 1.75. The maximum atomic E-state index is 5.25. The average Bonchev–Trinajstić information content (AvgIpc) is 2.17. The third-order valence-electron chi connectivity index (χ3n) is 3.50. The maximum absolute atomic E-state index is 5.25. The molecule has 2 atom stereocenters. The van der Waals surface area contributed by atoms with E-state index < -0.39 is 0 Å². The molecule has 1 N–H and O–H groups in total. The largest absolute Gasteiger partial charge is 0.384 e. The highest BCUT2D eigenvalue weighted by Gasteiger charge is 2.28. The summed E-state index contributed by atoms with van der Waals surface area (Å²) >= 11 is 0. The number of hydrogen-bond donors (Lipinski definition) is 1. The lowest BCUT2D eigenvalue weighted by Crippen LogP contribution is -2.39. The van der Waals surface area contributed by atoms with Gasteiger partial charge < -0.3 is 10.1 Å². The van der Waals surface area contributed by atoms with Crippen LogP contribution in [0, 0.1) is 17.3 Å². The lowest BCUT2D eigenvalue weighted by Gasteiger charge is -2.35. The predicted octanol–water partition coefficient (Wildman–Crippen LogP) is 2.93. The van der Waals surface area contributed by atoms with Crippen molar-refractivity contribution in [3.05, 3.63) is 0 Å². The number of methoxy groups -OCH3 is 1. The molecule has 0 fully saturated rings. The van der Waals surface area contributed by atoms with Crippen molar-refractivity contribution >= 4 is 0 Å². The monoisotopic (exact) mass is 215 g/mol. The van der Waals surface area contributed by atoms with Crippen LogP contribution in [0.3, 0.4) is 0 Å². The molecule has 0 bridgehead atoms. The zero-order valence-corrected chi connectivity index (χ0v) is 11.4. The van der Waals surface area contributed by atoms with E-state index in [1.165, 1.54) is 6.42 Å². The number of rotatable bonds is 8.